The Morgan fingerprint density at radius 2 is 1.76 bits per heavy atom. The zero-order chi connectivity index (χ0) is 17.8. The molecule has 0 spiro atoms. The van der Waals surface area contributed by atoms with Crippen LogP contribution in [0.4, 0.5) is 4.79 Å². The van der Waals surface area contributed by atoms with Crippen LogP contribution in [-0.2, 0) is 4.74 Å². The van der Waals surface area contributed by atoms with Crippen LogP contribution in [-0.4, -0.2) is 69.6 Å². The average molecular weight is 364 g/mol. The molecule has 0 N–H and O–H groups in total. The lowest BCUT2D eigenvalue weighted by molar-refractivity contribution is 0.0566. The fraction of sp³-hybridized carbons (Fsp3) is 0.375. The Kier molecular flexibility index (Phi) is 5.18. The Bertz CT molecular complexity index is 753. The number of piperazine rings is 1. The number of aromatic nitrogens is 3. The molecule has 1 aliphatic heterocycles. The van der Waals surface area contributed by atoms with Gasteiger partial charge in [0.1, 0.15) is 0 Å². The largest absolute Gasteiger partial charge is 0.450 e. The van der Waals surface area contributed by atoms with Crippen molar-refractivity contribution in [3.05, 3.63) is 41.2 Å². The van der Waals surface area contributed by atoms with E-state index in [4.69, 9.17) is 16.3 Å². The van der Waals surface area contributed by atoms with E-state index >= 15 is 0 Å². The summed E-state index contributed by atoms with van der Waals surface area (Å²) in [6, 6.07) is 7.08. The maximum atomic E-state index is 12.6. The first-order valence-electron chi connectivity index (χ1n) is 7.97. The van der Waals surface area contributed by atoms with Gasteiger partial charge >= 0.3 is 6.09 Å². The summed E-state index contributed by atoms with van der Waals surface area (Å²) in [6.45, 7) is 3.86. The number of carbonyl (C=O) groups is 2. The van der Waals surface area contributed by atoms with Gasteiger partial charge < -0.3 is 14.5 Å². The van der Waals surface area contributed by atoms with Crippen molar-refractivity contribution < 1.29 is 14.3 Å². The van der Waals surface area contributed by atoms with E-state index in [1.807, 2.05) is 0 Å². The van der Waals surface area contributed by atoms with Gasteiger partial charge in [0.2, 0.25) is 0 Å². The summed E-state index contributed by atoms with van der Waals surface area (Å²) in [5.74, 6) is -0.205. The van der Waals surface area contributed by atoms with Crippen LogP contribution in [0, 0.1) is 0 Å². The van der Waals surface area contributed by atoms with Crippen molar-refractivity contribution in [3.8, 4) is 5.69 Å². The first kappa shape index (κ1) is 17.2. The Labute approximate surface area is 149 Å². The molecule has 0 bridgehead atoms. The molecule has 1 fully saturated rings. The molecule has 0 saturated carbocycles. The maximum Gasteiger partial charge on any atom is 0.409 e. The lowest BCUT2D eigenvalue weighted by Crippen LogP contribution is -2.50. The Hall–Kier alpha value is -2.61. The highest BCUT2D eigenvalue weighted by atomic mass is 35.5. The first-order chi connectivity index (χ1) is 12.1. The van der Waals surface area contributed by atoms with E-state index in [1.165, 1.54) is 4.68 Å². The van der Waals surface area contributed by atoms with Gasteiger partial charge in [-0.05, 0) is 31.2 Å². The molecular weight excluding hydrogens is 346 g/mol. The number of hydrogen-bond acceptors (Lipinski definition) is 5. The highest BCUT2D eigenvalue weighted by Gasteiger charge is 2.26. The van der Waals surface area contributed by atoms with E-state index in [2.05, 4.69) is 10.3 Å². The highest BCUT2D eigenvalue weighted by Crippen LogP contribution is 2.14. The third kappa shape index (κ3) is 3.90. The van der Waals surface area contributed by atoms with Crippen LogP contribution in [0.25, 0.3) is 5.69 Å². The second kappa shape index (κ2) is 7.52. The van der Waals surface area contributed by atoms with E-state index < -0.39 is 0 Å². The summed E-state index contributed by atoms with van der Waals surface area (Å²) >= 11 is 5.87. The zero-order valence-corrected chi connectivity index (χ0v) is 14.5. The number of halogens is 1. The average Bonchev–Trinajstić information content (AvgIpc) is 3.12. The van der Waals surface area contributed by atoms with Crippen LogP contribution in [0.2, 0.25) is 5.02 Å². The molecule has 1 saturated heterocycles. The zero-order valence-electron chi connectivity index (χ0n) is 13.8. The van der Waals surface area contributed by atoms with Crippen LogP contribution >= 0.6 is 11.6 Å². The second-order valence-corrected chi connectivity index (χ2v) is 5.94. The molecule has 3 rings (SSSR count). The standard InChI is InChI=1S/C16H18ClN5O3/c1-2-25-16(24)21-9-7-20(8-10-21)15(23)14-11-22(19-18-14)13-5-3-12(17)4-6-13/h3-6,11H,2,7-10H2,1H3. The first-order valence-corrected chi connectivity index (χ1v) is 8.35. The monoisotopic (exact) mass is 363 g/mol. The summed E-state index contributed by atoms with van der Waals surface area (Å²) in [7, 11) is 0. The molecule has 132 valence electrons. The van der Waals surface area contributed by atoms with Gasteiger partial charge in [-0.1, -0.05) is 16.8 Å². The lowest BCUT2D eigenvalue weighted by Gasteiger charge is -2.33. The van der Waals surface area contributed by atoms with Gasteiger partial charge in [0, 0.05) is 31.2 Å². The lowest BCUT2D eigenvalue weighted by atomic mass is 10.3. The Morgan fingerprint density at radius 1 is 1.12 bits per heavy atom. The Balaban J connectivity index is 1.63. The highest BCUT2D eigenvalue weighted by molar-refractivity contribution is 6.30. The number of benzene rings is 1. The van der Waals surface area contributed by atoms with Crippen molar-refractivity contribution in [2.75, 3.05) is 32.8 Å². The molecule has 1 aromatic heterocycles. The topological polar surface area (TPSA) is 80.6 Å². The summed E-state index contributed by atoms with van der Waals surface area (Å²) in [5, 5.41) is 8.57. The molecular formula is C16H18ClN5O3. The van der Waals surface area contributed by atoms with Crippen LogP contribution in [0.3, 0.4) is 0 Å². The minimum Gasteiger partial charge on any atom is -0.450 e. The third-order valence-corrected chi connectivity index (χ3v) is 4.15. The molecule has 0 aliphatic carbocycles. The van der Waals surface area contributed by atoms with Gasteiger partial charge in [-0.2, -0.15) is 0 Å². The molecule has 0 unspecified atom stereocenters. The van der Waals surface area contributed by atoms with Crippen LogP contribution < -0.4 is 0 Å². The summed E-state index contributed by atoms with van der Waals surface area (Å²) in [5.41, 5.74) is 1.03. The van der Waals surface area contributed by atoms with Gasteiger partial charge in [-0.25, -0.2) is 9.48 Å². The smallest absolute Gasteiger partial charge is 0.409 e. The van der Waals surface area contributed by atoms with Crippen molar-refractivity contribution in [2.24, 2.45) is 0 Å². The number of rotatable bonds is 3. The van der Waals surface area contributed by atoms with E-state index in [0.717, 1.165) is 5.69 Å². The molecule has 9 heteroatoms. The van der Waals surface area contributed by atoms with Crippen molar-refractivity contribution in [1.82, 2.24) is 24.8 Å². The van der Waals surface area contributed by atoms with Crippen LogP contribution in [0.15, 0.2) is 30.5 Å². The van der Waals surface area contributed by atoms with Crippen molar-refractivity contribution in [1.29, 1.82) is 0 Å². The van der Waals surface area contributed by atoms with E-state index in [-0.39, 0.29) is 17.7 Å². The van der Waals surface area contributed by atoms with Gasteiger partial charge in [0.25, 0.3) is 5.91 Å². The van der Waals surface area contributed by atoms with Gasteiger partial charge in [0.05, 0.1) is 18.5 Å². The second-order valence-electron chi connectivity index (χ2n) is 5.50. The number of nitrogens with zero attached hydrogens (tertiary/aromatic N) is 5. The summed E-state index contributed by atoms with van der Waals surface area (Å²) in [6.07, 6.45) is 1.24. The Morgan fingerprint density at radius 3 is 2.40 bits per heavy atom. The molecule has 1 aromatic carbocycles. The molecule has 2 heterocycles. The quantitative estimate of drug-likeness (QED) is 0.831. The fourth-order valence-electron chi connectivity index (χ4n) is 2.55. The molecule has 2 amide bonds. The summed E-state index contributed by atoms with van der Waals surface area (Å²) in [4.78, 5) is 27.5. The number of amides is 2. The van der Waals surface area contributed by atoms with Crippen molar-refractivity contribution >= 4 is 23.6 Å². The van der Waals surface area contributed by atoms with Gasteiger partial charge in [-0.3, -0.25) is 4.79 Å². The third-order valence-electron chi connectivity index (χ3n) is 3.90. The fourth-order valence-corrected chi connectivity index (χ4v) is 2.68. The molecule has 8 nitrogen and oxygen atoms in total. The molecule has 1 aliphatic rings. The SMILES string of the molecule is CCOC(=O)N1CCN(C(=O)c2cn(-c3ccc(Cl)cc3)nn2)CC1. The molecule has 0 radical (unpaired) electrons. The van der Waals surface area contributed by atoms with E-state index in [9.17, 15) is 9.59 Å². The van der Waals surface area contributed by atoms with Crippen molar-refractivity contribution in [3.63, 3.8) is 0 Å². The van der Waals surface area contributed by atoms with Gasteiger partial charge in [0.15, 0.2) is 5.69 Å². The number of hydrogen-bond donors (Lipinski definition) is 0. The molecule has 25 heavy (non-hydrogen) atoms. The van der Waals surface area contributed by atoms with Crippen molar-refractivity contribution in [2.45, 2.75) is 6.92 Å². The van der Waals surface area contributed by atoms with E-state index in [1.54, 1.807) is 47.2 Å². The number of carbonyl (C=O) groups excluding carboxylic acids is 2. The maximum absolute atomic E-state index is 12.6. The van der Waals surface area contributed by atoms with Crippen LogP contribution in [0.5, 0.6) is 0 Å². The van der Waals surface area contributed by atoms with Crippen LogP contribution in [0.1, 0.15) is 17.4 Å². The molecule has 2 aromatic rings. The molecule has 0 atom stereocenters. The normalized spacial score (nSPS) is 14.5. The minimum atomic E-state index is -0.344. The predicted octanol–water partition coefficient (Wildman–Crippen LogP) is 1.84. The van der Waals surface area contributed by atoms with Gasteiger partial charge in [-0.15, -0.1) is 5.10 Å². The number of ether oxygens (including phenoxy) is 1. The minimum absolute atomic E-state index is 0.205. The summed E-state index contributed by atoms with van der Waals surface area (Å²) < 4.78 is 6.50. The predicted molar refractivity (Wildman–Crippen MR) is 90.9 cm³/mol. The van der Waals surface area contributed by atoms with E-state index in [0.29, 0.717) is 37.8 Å².